The Morgan fingerprint density at radius 3 is 2.65 bits per heavy atom. The van der Waals surface area contributed by atoms with Crippen LogP contribution in [0, 0.1) is 5.92 Å². The van der Waals surface area contributed by atoms with Crippen LogP contribution in [-0.4, -0.2) is 28.9 Å². The molecule has 110 valence electrons. The summed E-state index contributed by atoms with van der Waals surface area (Å²) >= 11 is 11.9. The van der Waals surface area contributed by atoms with Gasteiger partial charge in [0, 0.05) is 29.6 Å². The van der Waals surface area contributed by atoms with Crippen LogP contribution in [0.25, 0.3) is 0 Å². The van der Waals surface area contributed by atoms with Crippen LogP contribution >= 0.6 is 23.2 Å². The lowest BCUT2D eigenvalue weighted by molar-refractivity contribution is -0.138. The van der Waals surface area contributed by atoms with Gasteiger partial charge in [0.05, 0.1) is 0 Å². The van der Waals surface area contributed by atoms with Gasteiger partial charge in [0.15, 0.2) is 0 Å². The Morgan fingerprint density at radius 1 is 1.45 bits per heavy atom. The number of carboxylic acid groups (broad SMARTS) is 1. The van der Waals surface area contributed by atoms with Gasteiger partial charge in [-0.05, 0) is 23.6 Å². The summed E-state index contributed by atoms with van der Waals surface area (Å²) in [5.41, 5.74) is 0.786. The maximum atomic E-state index is 11.1. The van der Waals surface area contributed by atoms with Gasteiger partial charge in [-0.1, -0.05) is 42.6 Å². The number of carbonyl (C=O) groups excluding carboxylic acids is 1. The summed E-state index contributed by atoms with van der Waals surface area (Å²) in [6.45, 7) is 2.65. The number of carboxylic acids is 1. The van der Waals surface area contributed by atoms with Crippen molar-refractivity contribution < 1.29 is 14.7 Å². The maximum Gasteiger partial charge on any atom is 0.303 e. The van der Waals surface area contributed by atoms with Crippen LogP contribution < -0.4 is 0 Å². The highest BCUT2D eigenvalue weighted by Crippen LogP contribution is 2.22. The number of halogens is 2. The fourth-order valence-electron chi connectivity index (χ4n) is 1.93. The Hall–Kier alpha value is -1.26. The molecule has 0 radical (unpaired) electrons. The minimum Gasteiger partial charge on any atom is -0.481 e. The largest absolute Gasteiger partial charge is 0.481 e. The van der Waals surface area contributed by atoms with E-state index in [9.17, 15) is 9.59 Å². The monoisotopic (exact) mass is 317 g/mol. The first-order valence-corrected chi connectivity index (χ1v) is 7.06. The number of benzene rings is 1. The Balaban J connectivity index is 2.71. The molecule has 0 bridgehead atoms. The molecular formula is C14H17Cl2NO3. The fourth-order valence-corrected chi connectivity index (χ4v) is 2.40. The molecule has 0 aliphatic heterocycles. The third-order valence-electron chi connectivity index (χ3n) is 3.07. The molecule has 1 unspecified atom stereocenters. The van der Waals surface area contributed by atoms with Crippen molar-refractivity contribution in [3.8, 4) is 0 Å². The van der Waals surface area contributed by atoms with Crippen LogP contribution in [0.3, 0.4) is 0 Å². The average Bonchev–Trinajstić information content (AvgIpc) is 2.39. The molecule has 0 saturated heterocycles. The zero-order valence-electron chi connectivity index (χ0n) is 11.2. The van der Waals surface area contributed by atoms with Gasteiger partial charge < -0.3 is 10.0 Å². The molecule has 1 amide bonds. The van der Waals surface area contributed by atoms with Gasteiger partial charge in [-0.2, -0.15) is 0 Å². The van der Waals surface area contributed by atoms with Crippen molar-refractivity contribution in [3.63, 3.8) is 0 Å². The molecule has 20 heavy (non-hydrogen) atoms. The van der Waals surface area contributed by atoms with Crippen LogP contribution in [0.5, 0.6) is 0 Å². The minimum absolute atomic E-state index is 0.0508. The topological polar surface area (TPSA) is 57.6 Å². The molecule has 1 atom stereocenters. The smallest absolute Gasteiger partial charge is 0.303 e. The minimum atomic E-state index is -0.854. The van der Waals surface area contributed by atoms with Gasteiger partial charge in [0.2, 0.25) is 6.41 Å². The number of rotatable bonds is 8. The Labute approximate surface area is 128 Å². The Bertz CT molecular complexity index is 479. The Morgan fingerprint density at radius 2 is 2.15 bits per heavy atom. The van der Waals surface area contributed by atoms with Crippen molar-refractivity contribution in [1.29, 1.82) is 0 Å². The van der Waals surface area contributed by atoms with Gasteiger partial charge in [0.25, 0.3) is 0 Å². The van der Waals surface area contributed by atoms with Crippen LogP contribution in [0.15, 0.2) is 18.2 Å². The van der Waals surface area contributed by atoms with Crippen LogP contribution in [0.2, 0.25) is 10.0 Å². The molecule has 0 heterocycles. The lowest BCUT2D eigenvalue weighted by atomic mass is 10.0. The van der Waals surface area contributed by atoms with Crippen LogP contribution in [-0.2, 0) is 16.1 Å². The van der Waals surface area contributed by atoms with Gasteiger partial charge in [-0.3, -0.25) is 9.59 Å². The van der Waals surface area contributed by atoms with Gasteiger partial charge in [0.1, 0.15) is 0 Å². The molecular weight excluding hydrogens is 301 g/mol. The predicted octanol–water partition coefficient (Wildman–Crippen LogP) is 3.45. The van der Waals surface area contributed by atoms with E-state index >= 15 is 0 Å². The van der Waals surface area contributed by atoms with E-state index in [1.165, 1.54) is 4.90 Å². The lowest BCUT2D eigenvalue weighted by Crippen LogP contribution is -2.29. The standard InChI is InChI=1S/C14H17Cl2NO3/c1-2-10(5-14(19)20)7-17(9-18)8-11-3-4-12(15)6-13(11)16/h3-4,6,9-10H,2,5,7-8H2,1H3,(H,19,20). The number of amides is 1. The van der Waals surface area contributed by atoms with E-state index in [-0.39, 0.29) is 12.3 Å². The van der Waals surface area contributed by atoms with Gasteiger partial charge in [-0.25, -0.2) is 0 Å². The number of carbonyl (C=O) groups is 2. The summed E-state index contributed by atoms with van der Waals surface area (Å²) in [6.07, 6.45) is 1.47. The molecule has 0 aliphatic rings. The van der Waals surface area contributed by atoms with Crippen molar-refractivity contribution >= 4 is 35.6 Å². The van der Waals surface area contributed by atoms with Crippen molar-refractivity contribution in [1.82, 2.24) is 4.90 Å². The molecule has 1 rings (SSSR count). The van der Waals surface area contributed by atoms with Crippen LogP contribution in [0.4, 0.5) is 0 Å². The molecule has 6 heteroatoms. The van der Waals surface area contributed by atoms with E-state index in [0.29, 0.717) is 29.6 Å². The molecule has 1 aromatic carbocycles. The van der Waals surface area contributed by atoms with E-state index in [1.807, 2.05) is 6.92 Å². The van der Waals surface area contributed by atoms with E-state index in [2.05, 4.69) is 0 Å². The SMILES string of the molecule is CCC(CC(=O)O)CN(C=O)Cc1ccc(Cl)cc1Cl. The molecule has 4 nitrogen and oxygen atoms in total. The third kappa shape index (κ3) is 5.39. The normalized spacial score (nSPS) is 11.9. The Kier molecular flexibility index (Phi) is 6.82. The lowest BCUT2D eigenvalue weighted by Gasteiger charge is -2.23. The third-order valence-corrected chi connectivity index (χ3v) is 3.66. The van der Waals surface area contributed by atoms with Crippen molar-refractivity contribution in [2.45, 2.75) is 26.3 Å². The average molecular weight is 318 g/mol. The zero-order valence-corrected chi connectivity index (χ0v) is 12.7. The highest BCUT2D eigenvalue weighted by molar-refractivity contribution is 6.35. The summed E-state index contributed by atoms with van der Waals surface area (Å²) in [7, 11) is 0. The second kappa shape index (κ2) is 8.12. The summed E-state index contributed by atoms with van der Waals surface area (Å²) in [5, 5.41) is 9.85. The maximum absolute atomic E-state index is 11.1. The fraction of sp³-hybridized carbons (Fsp3) is 0.429. The molecule has 0 aromatic heterocycles. The molecule has 1 aromatic rings. The zero-order chi connectivity index (χ0) is 15.1. The highest BCUT2D eigenvalue weighted by atomic mass is 35.5. The van der Waals surface area contributed by atoms with E-state index in [1.54, 1.807) is 18.2 Å². The number of hydrogen-bond donors (Lipinski definition) is 1. The molecule has 0 aliphatic carbocycles. The summed E-state index contributed by atoms with van der Waals surface area (Å²) in [6, 6.07) is 5.09. The van der Waals surface area contributed by atoms with E-state index in [0.717, 1.165) is 12.0 Å². The molecule has 0 spiro atoms. The first-order chi connectivity index (χ1) is 9.46. The van der Waals surface area contributed by atoms with Gasteiger partial charge in [-0.15, -0.1) is 0 Å². The van der Waals surface area contributed by atoms with Gasteiger partial charge >= 0.3 is 5.97 Å². The first kappa shape index (κ1) is 16.8. The quantitative estimate of drug-likeness (QED) is 0.747. The summed E-state index contributed by atoms with van der Waals surface area (Å²) in [4.78, 5) is 23.4. The van der Waals surface area contributed by atoms with Crippen molar-refractivity contribution in [2.75, 3.05) is 6.54 Å². The number of hydrogen-bond acceptors (Lipinski definition) is 2. The molecule has 0 fully saturated rings. The summed E-state index contributed by atoms with van der Waals surface area (Å²) in [5.74, 6) is -0.920. The van der Waals surface area contributed by atoms with Crippen molar-refractivity contribution in [3.05, 3.63) is 33.8 Å². The summed E-state index contributed by atoms with van der Waals surface area (Å²) < 4.78 is 0. The predicted molar refractivity (Wildman–Crippen MR) is 79.0 cm³/mol. The molecule has 1 N–H and O–H groups in total. The number of nitrogens with zero attached hydrogens (tertiary/aromatic N) is 1. The van der Waals surface area contributed by atoms with E-state index < -0.39 is 5.97 Å². The van der Waals surface area contributed by atoms with E-state index in [4.69, 9.17) is 28.3 Å². The van der Waals surface area contributed by atoms with Crippen LogP contribution in [0.1, 0.15) is 25.3 Å². The highest BCUT2D eigenvalue weighted by Gasteiger charge is 2.16. The second-order valence-corrected chi connectivity index (χ2v) is 5.49. The molecule has 0 saturated carbocycles. The first-order valence-electron chi connectivity index (χ1n) is 6.31. The second-order valence-electron chi connectivity index (χ2n) is 4.64. The van der Waals surface area contributed by atoms with Crippen molar-refractivity contribution in [2.24, 2.45) is 5.92 Å². The number of aliphatic carboxylic acids is 1.